The molecule has 104 valence electrons. The molecule has 1 aromatic rings. The summed E-state index contributed by atoms with van der Waals surface area (Å²) < 4.78 is 29.8. The van der Waals surface area contributed by atoms with E-state index < -0.39 is 6.61 Å². The van der Waals surface area contributed by atoms with E-state index in [-0.39, 0.29) is 5.75 Å². The Hall–Kier alpha value is -1.12. The fraction of sp³-hybridized carbons (Fsp3) is 0.429. The minimum Gasteiger partial charge on any atom is -0.434 e. The van der Waals surface area contributed by atoms with Crippen molar-refractivity contribution < 1.29 is 13.5 Å². The van der Waals surface area contributed by atoms with E-state index in [2.05, 4.69) is 31.9 Å². The lowest BCUT2D eigenvalue weighted by atomic mass is 10.2. The second kappa shape index (κ2) is 8.89. The number of unbranched alkanes of at least 4 members (excludes halogenated alkanes) is 2. The summed E-state index contributed by atoms with van der Waals surface area (Å²) in [4.78, 5) is 0. The molecule has 1 N–H and O–H groups in total. The largest absolute Gasteiger partial charge is 0.434 e. The summed E-state index contributed by atoms with van der Waals surface area (Å²) in [6.07, 6.45) is 7.84. The van der Waals surface area contributed by atoms with E-state index in [1.165, 1.54) is 6.07 Å². The van der Waals surface area contributed by atoms with Gasteiger partial charge in [0.25, 0.3) is 0 Å². The molecule has 0 atom stereocenters. The van der Waals surface area contributed by atoms with Crippen molar-refractivity contribution in [1.82, 2.24) is 5.32 Å². The Morgan fingerprint density at radius 2 is 2.16 bits per heavy atom. The van der Waals surface area contributed by atoms with Crippen molar-refractivity contribution in [3.8, 4) is 18.1 Å². The molecule has 1 rings (SSSR count). The Bertz CT molecular complexity index is 432. The summed E-state index contributed by atoms with van der Waals surface area (Å²) in [7, 11) is 0. The fourth-order valence-electron chi connectivity index (χ4n) is 1.60. The monoisotopic (exact) mass is 331 g/mol. The first-order valence-electron chi connectivity index (χ1n) is 6.01. The highest BCUT2D eigenvalue weighted by Crippen LogP contribution is 2.24. The van der Waals surface area contributed by atoms with Crippen LogP contribution >= 0.6 is 15.9 Å². The average molecular weight is 332 g/mol. The first kappa shape index (κ1) is 15.9. The van der Waals surface area contributed by atoms with E-state index >= 15 is 0 Å². The Balaban J connectivity index is 2.47. The highest BCUT2D eigenvalue weighted by atomic mass is 79.9. The average Bonchev–Trinajstić information content (AvgIpc) is 2.36. The van der Waals surface area contributed by atoms with Gasteiger partial charge in [0.1, 0.15) is 5.75 Å². The third kappa shape index (κ3) is 6.55. The molecule has 2 nitrogen and oxygen atoms in total. The molecular formula is C14H16BrF2NO. The van der Waals surface area contributed by atoms with Gasteiger partial charge in [-0.15, -0.1) is 12.3 Å². The minimum absolute atomic E-state index is 0.203. The lowest BCUT2D eigenvalue weighted by molar-refractivity contribution is -0.0505. The lowest BCUT2D eigenvalue weighted by Crippen LogP contribution is -2.16. The van der Waals surface area contributed by atoms with Crippen molar-refractivity contribution in [2.24, 2.45) is 0 Å². The van der Waals surface area contributed by atoms with Crippen molar-refractivity contribution in [1.29, 1.82) is 0 Å². The summed E-state index contributed by atoms with van der Waals surface area (Å²) in [6, 6.07) is 4.98. The highest BCUT2D eigenvalue weighted by Gasteiger charge is 2.09. The van der Waals surface area contributed by atoms with Crippen LogP contribution in [0.2, 0.25) is 0 Å². The molecule has 0 aliphatic heterocycles. The molecule has 5 heteroatoms. The van der Waals surface area contributed by atoms with Crippen molar-refractivity contribution in [3.05, 3.63) is 28.2 Å². The van der Waals surface area contributed by atoms with E-state index in [4.69, 9.17) is 6.42 Å². The predicted octanol–water partition coefficient (Wildman–Crippen LogP) is 3.94. The van der Waals surface area contributed by atoms with Gasteiger partial charge in [-0.25, -0.2) is 0 Å². The summed E-state index contributed by atoms with van der Waals surface area (Å²) >= 11 is 3.31. The number of benzene rings is 1. The van der Waals surface area contributed by atoms with Gasteiger partial charge in [0.15, 0.2) is 0 Å². The number of nitrogens with one attached hydrogen (secondary N) is 1. The van der Waals surface area contributed by atoms with Gasteiger partial charge < -0.3 is 10.1 Å². The molecule has 0 spiro atoms. The molecule has 0 radical (unpaired) electrons. The number of ether oxygens (including phenoxy) is 1. The standard InChI is InChI=1S/C14H16BrF2NO/c1-2-3-4-5-8-18-10-11-9-12(15)6-7-13(11)19-14(16)17/h1,6-7,9,14,18H,3-5,8,10H2. The first-order chi connectivity index (χ1) is 9.13. The number of hydrogen-bond donors (Lipinski definition) is 1. The second-order valence-corrected chi connectivity index (χ2v) is 4.88. The molecule has 0 aromatic heterocycles. The van der Waals surface area contributed by atoms with Crippen LogP contribution < -0.4 is 10.1 Å². The number of terminal acetylenes is 1. The number of halogens is 3. The van der Waals surface area contributed by atoms with Gasteiger partial charge in [-0.05, 0) is 37.6 Å². The zero-order valence-electron chi connectivity index (χ0n) is 10.5. The van der Waals surface area contributed by atoms with Crippen LogP contribution in [-0.4, -0.2) is 13.2 Å². The number of alkyl halides is 2. The van der Waals surface area contributed by atoms with Gasteiger partial charge in [0, 0.05) is 23.0 Å². The fourth-order valence-corrected chi connectivity index (χ4v) is 2.01. The number of hydrogen-bond acceptors (Lipinski definition) is 2. The first-order valence-corrected chi connectivity index (χ1v) is 6.80. The zero-order valence-corrected chi connectivity index (χ0v) is 12.1. The van der Waals surface area contributed by atoms with Crippen molar-refractivity contribution >= 4 is 15.9 Å². The van der Waals surface area contributed by atoms with Crippen molar-refractivity contribution in [2.75, 3.05) is 6.54 Å². The summed E-state index contributed by atoms with van der Waals surface area (Å²) in [5.41, 5.74) is 0.701. The molecule has 19 heavy (non-hydrogen) atoms. The molecule has 0 unspecified atom stereocenters. The molecule has 0 bridgehead atoms. The van der Waals surface area contributed by atoms with Crippen LogP contribution in [-0.2, 0) is 6.54 Å². The third-order valence-electron chi connectivity index (χ3n) is 2.48. The molecule has 1 aromatic carbocycles. The molecule has 0 heterocycles. The molecule has 0 fully saturated rings. The van der Waals surface area contributed by atoms with E-state index in [0.29, 0.717) is 12.1 Å². The van der Waals surface area contributed by atoms with Gasteiger partial charge in [-0.1, -0.05) is 15.9 Å². The van der Waals surface area contributed by atoms with Gasteiger partial charge in [0.2, 0.25) is 0 Å². The van der Waals surface area contributed by atoms with Crippen LogP contribution in [0.3, 0.4) is 0 Å². The Morgan fingerprint density at radius 1 is 1.37 bits per heavy atom. The number of rotatable bonds is 8. The second-order valence-electron chi connectivity index (χ2n) is 3.97. The Kier molecular flexibility index (Phi) is 7.46. The summed E-state index contributed by atoms with van der Waals surface area (Å²) in [5.74, 6) is 2.78. The predicted molar refractivity (Wildman–Crippen MR) is 75.2 cm³/mol. The lowest BCUT2D eigenvalue weighted by Gasteiger charge is -2.12. The highest BCUT2D eigenvalue weighted by molar-refractivity contribution is 9.10. The topological polar surface area (TPSA) is 21.3 Å². The quantitative estimate of drug-likeness (QED) is 0.575. The van der Waals surface area contributed by atoms with Crippen LogP contribution in [0.1, 0.15) is 24.8 Å². The van der Waals surface area contributed by atoms with Crippen LogP contribution in [0.5, 0.6) is 5.75 Å². The van der Waals surface area contributed by atoms with E-state index in [1.807, 2.05) is 0 Å². The van der Waals surface area contributed by atoms with Gasteiger partial charge in [-0.3, -0.25) is 0 Å². The summed E-state index contributed by atoms with van der Waals surface area (Å²) in [5, 5.41) is 3.19. The normalized spacial score (nSPS) is 10.5. The molecule has 0 amide bonds. The molecule has 0 aliphatic rings. The van der Waals surface area contributed by atoms with E-state index in [0.717, 1.165) is 30.3 Å². The molecule has 0 saturated heterocycles. The molecule has 0 aliphatic carbocycles. The Morgan fingerprint density at radius 3 is 2.84 bits per heavy atom. The van der Waals surface area contributed by atoms with E-state index in [1.54, 1.807) is 12.1 Å². The van der Waals surface area contributed by atoms with Crippen LogP contribution in [0.4, 0.5) is 8.78 Å². The van der Waals surface area contributed by atoms with Crippen LogP contribution in [0.15, 0.2) is 22.7 Å². The van der Waals surface area contributed by atoms with E-state index in [9.17, 15) is 8.78 Å². The van der Waals surface area contributed by atoms with Gasteiger partial charge in [0.05, 0.1) is 0 Å². The maximum absolute atomic E-state index is 12.3. The minimum atomic E-state index is -2.81. The van der Waals surface area contributed by atoms with Crippen LogP contribution in [0, 0.1) is 12.3 Å². The molecular weight excluding hydrogens is 316 g/mol. The zero-order chi connectivity index (χ0) is 14.1. The van der Waals surface area contributed by atoms with Crippen LogP contribution in [0.25, 0.3) is 0 Å². The molecule has 0 saturated carbocycles. The third-order valence-corrected chi connectivity index (χ3v) is 2.97. The summed E-state index contributed by atoms with van der Waals surface area (Å²) in [6.45, 7) is -1.53. The van der Waals surface area contributed by atoms with Crippen molar-refractivity contribution in [3.63, 3.8) is 0 Å². The van der Waals surface area contributed by atoms with Gasteiger partial charge in [-0.2, -0.15) is 8.78 Å². The smallest absolute Gasteiger partial charge is 0.387 e. The Labute approximate surface area is 120 Å². The van der Waals surface area contributed by atoms with Gasteiger partial charge >= 0.3 is 6.61 Å². The maximum Gasteiger partial charge on any atom is 0.387 e. The maximum atomic E-state index is 12.3. The SMILES string of the molecule is C#CCCCCNCc1cc(Br)ccc1OC(F)F. The van der Waals surface area contributed by atoms with Crippen molar-refractivity contribution in [2.45, 2.75) is 32.4 Å².